The van der Waals surface area contributed by atoms with E-state index >= 15 is 0 Å². The summed E-state index contributed by atoms with van der Waals surface area (Å²) in [5.41, 5.74) is 1.73. The molecule has 29 heavy (non-hydrogen) atoms. The summed E-state index contributed by atoms with van der Waals surface area (Å²) >= 11 is 1.04. The summed E-state index contributed by atoms with van der Waals surface area (Å²) in [5, 5.41) is 4.18. The molecule has 1 amide bonds. The Balaban J connectivity index is 2.01. The Morgan fingerprint density at radius 2 is 1.72 bits per heavy atom. The van der Waals surface area contributed by atoms with Gasteiger partial charge in [0.05, 0.1) is 12.2 Å². The Labute approximate surface area is 168 Å². The fourth-order valence-electron chi connectivity index (χ4n) is 2.67. The summed E-state index contributed by atoms with van der Waals surface area (Å²) in [4.78, 5) is 25.0. The van der Waals surface area contributed by atoms with Gasteiger partial charge < -0.3 is 10.1 Å². The molecule has 0 saturated carbocycles. The van der Waals surface area contributed by atoms with E-state index in [9.17, 15) is 22.8 Å². The van der Waals surface area contributed by atoms with Gasteiger partial charge in [-0.3, -0.25) is 4.79 Å². The molecule has 2 aromatic carbocycles. The Hall–Kier alpha value is -3.13. The lowest BCUT2D eigenvalue weighted by molar-refractivity contribution is 0.0529. The summed E-state index contributed by atoms with van der Waals surface area (Å²) in [6.45, 7) is 3.68. The fourth-order valence-corrected chi connectivity index (χ4v) is 3.63. The summed E-state index contributed by atoms with van der Waals surface area (Å²) in [6.07, 6.45) is 0. The van der Waals surface area contributed by atoms with Crippen molar-refractivity contribution < 1.29 is 27.5 Å². The quantitative estimate of drug-likeness (QED) is 0.435. The molecule has 3 rings (SSSR count). The van der Waals surface area contributed by atoms with Crippen molar-refractivity contribution in [2.24, 2.45) is 0 Å². The molecule has 0 unspecified atom stereocenters. The van der Waals surface area contributed by atoms with Crippen LogP contribution in [-0.4, -0.2) is 18.5 Å². The number of hydrogen-bond acceptors (Lipinski definition) is 4. The molecule has 0 saturated heterocycles. The number of thiophene rings is 1. The molecule has 0 aliphatic carbocycles. The number of ether oxygens (including phenoxy) is 1. The molecule has 150 valence electrons. The second kappa shape index (κ2) is 8.48. The maximum Gasteiger partial charge on any atom is 0.341 e. The van der Waals surface area contributed by atoms with Gasteiger partial charge in [-0.15, -0.1) is 11.3 Å². The molecule has 0 bridgehead atoms. The van der Waals surface area contributed by atoms with Gasteiger partial charge in [-0.2, -0.15) is 0 Å². The van der Waals surface area contributed by atoms with Crippen LogP contribution in [0, 0.1) is 24.4 Å². The van der Waals surface area contributed by atoms with Crippen molar-refractivity contribution in [3.8, 4) is 11.1 Å². The van der Waals surface area contributed by atoms with E-state index in [0.29, 0.717) is 11.6 Å². The number of aryl methyl sites for hydroxylation is 1. The molecule has 0 fully saturated rings. The van der Waals surface area contributed by atoms with E-state index in [4.69, 9.17) is 4.74 Å². The lowest BCUT2D eigenvalue weighted by Gasteiger charge is -2.10. The number of rotatable bonds is 5. The number of hydrogen-bond donors (Lipinski definition) is 1. The van der Waals surface area contributed by atoms with Crippen LogP contribution in [0.1, 0.15) is 33.2 Å². The van der Waals surface area contributed by atoms with Crippen LogP contribution < -0.4 is 5.32 Å². The van der Waals surface area contributed by atoms with Crippen LogP contribution in [0.4, 0.5) is 18.2 Å². The molecule has 1 aromatic heterocycles. The molecular weight excluding hydrogens is 403 g/mol. The smallest absolute Gasteiger partial charge is 0.341 e. The van der Waals surface area contributed by atoms with E-state index < -0.39 is 34.9 Å². The lowest BCUT2D eigenvalue weighted by atomic mass is 10.0. The molecule has 1 heterocycles. The van der Waals surface area contributed by atoms with E-state index in [1.54, 1.807) is 12.3 Å². The first kappa shape index (κ1) is 20.6. The van der Waals surface area contributed by atoms with Gasteiger partial charge in [0.2, 0.25) is 0 Å². The third kappa shape index (κ3) is 4.17. The molecule has 0 atom stereocenters. The number of nitrogens with one attached hydrogen (secondary N) is 1. The minimum absolute atomic E-state index is 0.108. The number of anilines is 1. The predicted octanol–water partition coefficient (Wildman–Crippen LogP) is 5.57. The highest BCUT2D eigenvalue weighted by Crippen LogP contribution is 2.36. The second-order valence-electron chi connectivity index (χ2n) is 6.12. The van der Waals surface area contributed by atoms with Crippen LogP contribution in [0.15, 0.2) is 41.8 Å². The van der Waals surface area contributed by atoms with E-state index in [2.05, 4.69) is 5.32 Å². The summed E-state index contributed by atoms with van der Waals surface area (Å²) in [6, 6.07) is 8.88. The maximum atomic E-state index is 13.9. The van der Waals surface area contributed by atoms with Gasteiger partial charge in [-0.25, -0.2) is 18.0 Å². The zero-order chi connectivity index (χ0) is 21.1. The van der Waals surface area contributed by atoms with Crippen molar-refractivity contribution in [2.45, 2.75) is 13.8 Å². The zero-order valence-corrected chi connectivity index (χ0v) is 16.3. The highest BCUT2D eigenvalue weighted by atomic mass is 32.1. The van der Waals surface area contributed by atoms with Crippen molar-refractivity contribution in [3.05, 3.63) is 75.9 Å². The highest BCUT2D eigenvalue weighted by Gasteiger charge is 2.25. The second-order valence-corrected chi connectivity index (χ2v) is 7.00. The molecule has 1 N–H and O–H groups in total. The van der Waals surface area contributed by atoms with Crippen molar-refractivity contribution in [3.63, 3.8) is 0 Å². The van der Waals surface area contributed by atoms with Crippen LogP contribution in [0.5, 0.6) is 0 Å². The van der Waals surface area contributed by atoms with Gasteiger partial charge >= 0.3 is 5.97 Å². The van der Waals surface area contributed by atoms with E-state index in [-0.39, 0.29) is 17.2 Å². The zero-order valence-electron chi connectivity index (χ0n) is 15.5. The van der Waals surface area contributed by atoms with Crippen LogP contribution >= 0.6 is 11.3 Å². The number of carbonyl (C=O) groups is 2. The monoisotopic (exact) mass is 419 g/mol. The number of benzene rings is 2. The maximum absolute atomic E-state index is 13.9. The molecule has 8 heteroatoms. The molecule has 0 spiro atoms. The van der Waals surface area contributed by atoms with Crippen molar-refractivity contribution >= 4 is 28.2 Å². The number of amides is 1. The molecule has 0 aliphatic heterocycles. The van der Waals surface area contributed by atoms with Crippen molar-refractivity contribution in [1.29, 1.82) is 0 Å². The summed E-state index contributed by atoms with van der Waals surface area (Å²) < 4.78 is 45.6. The first-order valence-corrected chi connectivity index (χ1v) is 9.52. The van der Waals surface area contributed by atoms with Gasteiger partial charge in [0.15, 0.2) is 17.5 Å². The first-order valence-electron chi connectivity index (χ1n) is 8.64. The van der Waals surface area contributed by atoms with E-state index in [1.807, 2.05) is 31.2 Å². The average Bonchev–Trinajstić information content (AvgIpc) is 3.10. The average molecular weight is 419 g/mol. The summed E-state index contributed by atoms with van der Waals surface area (Å²) in [5.74, 6) is -6.41. The Bertz CT molecular complexity index is 1080. The Morgan fingerprint density at radius 3 is 2.38 bits per heavy atom. The fraction of sp³-hybridized carbons (Fsp3) is 0.143. The Kier molecular flexibility index (Phi) is 6.03. The van der Waals surface area contributed by atoms with Crippen molar-refractivity contribution in [2.75, 3.05) is 11.9 Å². The molecule has 0 radical (unpaired) electrons. The molecule has 3 aromatic rings. The molecular formula is C21H16F3NO3S. The van der Waals surface area contributed by atoms with Crippen LogP contribution in [-0.2, 0) is 4.74 Å². The van der Waals surface area contributed by atoms with Crippen LogP contribution in [0.2, 0.25) is 0 Å². The van der Waals surface area contributed by atoms with Crippen LogP contribution in [0.3, 0.4) is 0 Å². The minimum Gasteiger partial charge on any atom is -0.462 e. The van der Waals surface area contributed by atoms with Crippen molar-refractivity contribution in [1.82, 2.24) is 0 Å². The number of esters is 1. The first-order chi connectivity index (χ1) is 13.8. The number of halogens is 3. The largest absolute Gasteiger partial charge is 0.462 e. The van der Waals surface area contributed by atoms with E-state index in [1.165, 1.54) is 0 Å². The Morgan fingerprint density at radius 1 is 1.03 bits per heavy atom. The van der Waals surface area contributed by atoms with Gasteiger partial charge in [0.1, 0.15) is 10.6 Å². The van der Waals surface area contributed by atoms with Gasteiger partial charge in [-0.05, 0) is 31.5 Å². The normalized spacial score (nSPS) is 10.7. The third-order valence-corrected chi connectivity index (χ3v) is 5.04. The van der Waals surface area contributed by atoms with Gasteiger partial charge in [0, 0.05) is 10.9 Å². The summed E-state index contributed by atoms with van der Waals surface area (Å²) in [7, 11) is 0. The molecule has 0 aliphatic rings. The lowest BCUT2D eigenvalue weighted by Crippen LogP contribution is -2.17. The minimum atomic E-state index is -1.74. The SMILES string of the molecule is CCOC(=O)c1c(-c2ccc(C)cc2)csc1NC(=O)c1ccc(F)c(F)c1F. The van der Waals surface area contributed by atoms with Crippen LogP contribution in [0.25, 0.3) is 11.1 Å². The predicted molar refractivity (Wildman–Crippen MR) is 105 cm³/mol. The standard InChI is InChI=1S/C21H16F3NO3S/c1-3-28-21(27)16-14(12-6-4-11(2)5-7-12)10-29-20(16)25-19(26)13-8-9-15(22)18(24)17(13)23/h4-10H,3H2,1-2H3,(H,25,26). The van der Waals surface area contributed by atoms with E-state index in [0.717, 1.165) is 28.5 Å². The third-order valence-electron chi connectivity index (χ3n) is 4.14. The molecule has 4 nitrogen and oxygen atoms in total. The van der Waals surface area contributed by atoms with Gasteiger partial charge in [0.25, 0.3) is 5.91 Å². The number of carbonyl (C=O) groups excluding carboxylic acids is 2. The van der Waals surface area contributed by atoms with Gasteiger partial charge in [-0.1, -0.05) is 29.8 Å². The highest BCUT2D eigenvalue weighted by molar-refractivity contribution is 7.15. The topological polar surface area (TPSA) is 55.4 Å².